The molecular weight excluding hydrogens is 412 g/mol. The SMILES string of the molecule is CNC(=O)C1(Cc2ccc(-c3ccccc3)cc2)CCN(C(=O)c2ccccc2OC)CC1. The highest BCUT2D eigenvalue weighted by molar-refractivity contribution is 5.97. The minimum Gasteiger partial charge on any atom is -0.496 e. The van der Waals surface area contributed by atoms with E-state index < -0.39 is 5.41 Å². The zero-order chi connectivity index (χ0) is 23.3. The first-order chi connectivity index (χ1) is 16.1. The van der Waals surface area contributed by atoms with Gasteiger partial charge in [0.05, 0.1) is 18.1 Å². The first kappa shape index (κ1) is 22.6. The number of amides is 2. The first-order valence-corrected chi connectivity index (χ1v) is 11.4. The minimum absolute atomic E-state index is 0.0408. The zero-order valence-corrected chi connectivity index (χ0v) is 19.2. The maximum absolute atomic E-state index is 13.1. The molecule has 0 radical (unpaired) electrons. The Morgan fingerprint density at radius 2 is 1.48 bits per heavy atom. The number of para-hydroxylation sites is 1. The van der Waals surface area contributed by atoms with Crippen LogP contribution in [0, 0.1) is 5.41 Å². The Morgan fingerprint density at radius 1 is 0.879 bits per heavy atom. The number of nitrogens with one attached hydrogen (secondary N) is 1. The number of piperidine rings is 1. The summed E-state index contributed by atoms with van der Waals surface area (Å²) >= 11 is 0. The summed E-state index contributed by atoms with van der Waals surface area (Å²) in [4.78, 5) is 27.9. The van der Waals surface area contributed by atoms with Gasteiger partial charge in [-0.05, 0) is 48.1 Å². The van der Waals surface area contributed by atoms with Crippen molar-refractivity contribution in [1.82, 2.24) is 10.2 Å². The van der Waals surface area contributed by atoms with Crippen LogP contribution < -0.4 is 10.1 Å². The number of carbonyl (C=O) groups is 2. The molecule has 33 heavy (non-hydrogen) atoms. The van der Waals surface area contributed by atoms with Crippen LogP contribution in [-0.2, 0) is 11.2 Å². The molecule has 5 heteroatoms. The summed E-state index contributed by atoms with van der Waals surface area (Å²) in [6.45, 7) is 1.07. The summed E-state index contributed by atoms with van der Waals surface area (Å²) in [5, 5.41) is 2.86. The average Bonchev–Trinajstić information content (AvgIpc) is 2.89. The number of carbonyl (C=O) groups excluding carboxylic acids is 2. The monoisotopic (exact) mass is 442 g/mol. The molecule has 0 aromatic heterocycles. The molecule has 4 rings (SSSR count). The van der Waals surface area contributed by atoms with Gasteiger partial charge >= 0.3 is 0 Å². The number of benzene rings is 3. The van der Waals surface area contributed by atoms with Crippen molar-refractivity contribution in [3.05, 3.63) is 90.0 Å². The third kappa shape index (κ3) is 4.77. The molecule has 1 aliphatic heterocycles. The molecular formula is C28H30N2O3. The second-order valence-electron chi connectivity index (χ2n) is 8.59. The molecule has 3 aromatic carbocycles. The van der Waals surface area contributed by atoms with Crippen LogP contribution in [-0.4, -0.2) is 44.0 Å². The maximum Gasteiger partial charge on any atom is 0.257 e. The summed E-state index contributed by atoms with van der Waals surface area (Å²) in [5.41, 5.74) is 3.49. The van der Waals surface area contributed by atoms with Gasteiger partial charge in [-0.2, -0.15) is 0 Å². The van der Waals surface area contributed by atoms with Gasteiger partial charge in [0.15, 0.2) is 0 Å². The normalized spacial score (nSPS) is 15.0. The Bertz CT molecular complexity index is 1100. The standard InChI is InChI=1S/C28H30N2O3/c1-29-27(32)28(20-21-12-14-23(15-13-21)22-8-4-3-5-9-22)16-18-30(19-17-28)26(31)24-10-6-7-11-25(24)33-2/h3-15H,16-20H2,1-2H3,(H,29,32). The van der Waals surface area contributed by atoms with Crippen LogP contribution in [0.15, 0.2) is 78.9 Å². The van der Waals surface area contributed by atoms with Gasteiger partial charge in [0.2, 0.25) is 5.91 Å². The minimum atomic E-state index is -0.527. The number of ether oxygens (including phenoxy) is 1. The van der Waals surface area contributed by atoms with Gasteiger partial charge in [-0.15, -0.1) is 0 Å². The van der Waals surface area contributed by atoms with Gasteiger partial charge in [-0.1, -0.05) is 66.7 Å². The molecule has 3 aromatic rings. The van der Waals surface area contributed by atoms with Crippen molar-refractivity contribution in [2.45, 2.75) is 19.3 Å². The lowest BCUT2D eigenvalue weighted by Gasteiger charge is -2.40. The van der Waals surface area contributed by atoms with E-state index in [0.717, 1.165) is 11.1 Å². The molecule has 0 aliphatic carbocycles. The van der Waals surface area contributed by atoms with E-state index in [1.54, 1.807) is 26.3 Å². The molecule has 1 aliphatic rings. The van der Waals surface area contributed by atoms with Crippen LogP contribution in [0.1, 0.15) is 28.8 Å². The van der Waals surface area contributed by atoms with Gasteiger partial charge in [0.25, 0.3) is 5.91 Å². The van der Waals surface area contributed by atoms with Crippen molar-refractivity contribution in [2.75, 3.05) is 27.2 Å². The van der Waals surface area contributed by atoms with E-state index in [2.05, 4.69) is 41.7 Å². The lowest BCUT2D eigenvalue weighted by Crippen LogP contribution is -2.50. The third-order valence-electron chi connectivity index (χ3n) is 6.66. The fraction of sp³-hybridized carbons (Fsp3) is 0.286. The van der Waals surface area contributed by atoms with Crippen LogP contribution >= 0.6 is 0 Å². The Kier molecular flexibility index (Phi) is 6.78. The zero-order valence-electron chi connectivity index (χ0n) is 19.2. The summed E-state index contributed by atoms with van der Waals surface area (Å²) in [6.07, 6.45) is 1.89. The van der Waals surface area contributed by atoms with Crippen molar-refractivity contribution in [3.8, 4) is 16.9 Å². The van der Waals surface area contributed by atoms with Crippen LogP contribution in [0.4, 0.5) is 0 Å². The molecule has 0 atom stereocenters. The van der Waals surface area contributed by atoms with Crippen LogP contribution in [0.2, 0.25) is 0 Å². The average molecular weight is 443 g/mol. The molecule has 0 unspecified atom stereocenters. The quantitative estimate of drug-likeness (QED) is 0.608. The summed E-state index contributed by atoms with van der Waals surface area (Å²) < 4.78 is 5.36. The summed E-state index contributed by atoms with van der Waals surface area (Å²) in [5.74, 6) is 0.563. The lowest BCUT2D eigenvalue weighted by molar-refractivity contribution is -0.133. The van der Waals surface area contributed by atoms with Gasteiger partial charge in [0, 0.05) is 20.1 Å². The second-order valence-corrected chi connectivity index (χ2v) is 8.59. The molecule has 0 spiro atoms. The smallest absolute Gasteiger partial charge is 0.257 e. The van der Waals surface area contributed by atoms with Gasteiger partial charge in [-0.3, -0.25) is 9.59 Å². The highest BCUT2D eigenvalue weighted by Crippen LogP contribution is 2.37. The van der Waals surface area contributed by atoms with Crippen molar-refractivity contribution in [3.63, 3.8) is 0 Å². The van der Waals surface area contributed by atoms with Crippen LogP contribution in [0.3, 0.4) is 0 Å². The fourth-order valence-electron chi connectivity index (χ4n) is 4.72. The van der Waals surface area contributed by atoms with E-state index in [0.29, 0.717) is 43.7 Å². The molecule has 1 heterocycles. The van der Waals surface area contributed by atoms with Crippen molar-refractivity contribution < 1.29 is 14.3 Å². The van der Waals surface area contributed by atoms with Crippen molar-refractivity contribution in [1.29, 1.82) is 0 Å². The van der Waals surface area contributed by atoms with E-state index >= 15 is 0 Å². The predicted molar refractivity (Wildman–Crippen MR) is 130 cm³/mol. The van der Waals surface area contributed by atoms with Crippen LogP contribution in [0.5, 0.6) is 5.75 Å². The lowest BCUT2D eigenvalue weighted by atomic mass is 9.72. The molecule has 1 N–H and O–H groups in total. The Morgan fingerprint density at radius 3 is 2.12 bits per heavy atom. The van der Waals surface area contributed by atoms with Crippen molar-refractivity contribution in [2.24, 2.45) is 5.41 Å². The number of likely N-dealkylation sites (tertiary alicyclic amines) is 1. The maximum atomic E-state index is 13.1. The van der Waals surface area contributed by atoms with E-state index in [-0.39, 0.29) is 11.8 Å². The third-order valence-corrected chi connectivity index (χ3v) is 6.66. The molecule has 1 saturated heterocycles. The van der Waals surface area contributed by atoms with Gasteiger partial charge in [0.1, 0.15) is 5.75 Å². The molecule has 5 nitrogen and oxygen atoms in total. The van der Waals surface area contributed by atoms with Gasteiger partial charge in [-0.25, -0.2) is 0 Å². The van der Waals surface area contributed by atoms with E-state index in [1.165, 1.54) is 5.56 Å². The number of hydrogen-bond donors (Lipinski definition) is 1. The van der Waals surface area contributed by atoms with E-state index in [9.17, 15) is 9.59 Å². The second kappa shape index (κ2) is 9.90. The molecule has 2 amide bonds. The Balaban J connectivity index is 1.49. The Hall–Kier alpha value is -3.60. The number of nitrogens with zero attached hydrogens (tertiary/aromatic N) is 1. The fourth-order valence-corrected chi connectivity index (χ4v) is 4.72. The molecule has 0 bridgehead atoms. The number of hydrogen-bond acceptors (Lipinski definition) is 3. The molecule has 0 saturated carbocycles. The topological polar surface area (TPSA) is 58.6 Å². The van der Waals surface area contributed by atoms with E-state index in [1.807, 2.05) is 35.2 Å². The highest BCUT2D eigenvalue weighted by atomic mass is 16.5. The van der Waals surface area contributed by atoms with E-state index in [4.69, 9.17) is 4.74 Å². The van der Waals surface area contributed by atoms with Crippen LogP contribution in [0.25, 0.3) is 11.1 Å². The Labute approximate surface area is 195 Å². The largest absolute Gasteiger partial charge is 0.496 e. The first-order valence-electron chi connectivity index (χ1n) is 11.4. The predicted octanol–water partition coefficient (Wildman–Crippen LogP) is 4.57. The molecule has 1 fully saturated rings. The summed E-state index contributed by atoms with van der Waals surface area (Å²) in [7, 11) is 3.26. The summed E-state index contributed by atoms with van der Waals surface area (Å²) in [6, 6.07) is 26.0. The van der Waals surface area contributed by atoms with Gasteiger partial charge < -0.3 is 15.0 Å². The van der Waals surface area contributed by atoms with Crippen molar-refractivity contribution >= 4 is 11.8 Å². The number of rotatable bonds is 6. The number of methoxy groups -OCH3 is 1. The molecule has 170 valence electrons. The highest BCUT2D eigenvalue weighted by Gasteiger charge is 2.42.